The zero-order valence-corrected chi connectivity index (χ0v) is 12.7. The number of para-hydroxylation sites is 1. The summed E-state index contributed by atoms with van der Waals surface area (Å²) in [5, 5.41) is 3.37. The molecule has 1 amide bonds. The van der Waals surface area contributed by atoms with E-state index in [2.05, 4.69) is 10.3 Å². The van der Waals surface area contributed by atoms with Crippen molar-refractivity contribution in [2.45, 2.75) is 18.8 Å². The van der Waals surface area contributed by atoms with Gasteiger partial charge in [-0.25, -0.2) is 8.78 Å². The molecule has 0 radical (unpaired) electrons. The van der Waals surface area contributed by atoms with Gasteiger partial charge in [-0.15, -0.1) is 0 Å². The van der Waals surface area contributed by atoms with E-state index in [9.17, 15) is 13.6 Å². The molecule has 120 valence electrons. The molecule has 1 aromatic heterocycles. The average Bonchev–Trinajstić information content (AvgIpc) is 3.42. The molecule has 0 saturated heterocycles. The topological polar surface area (TPSA) is 42.0 Å². The first kappa shape index (κ1) is 14.8. The first-order valence-electron chi connectivity index (χ1n) is 7.78. The Balaban J connectivity index is 1.74. The van der Waals surface area contributed by atoms with Crippen LogP contribution in [0.4, 0.5) is 14.5 Å². The predicted molar refractivity (Wildman–Crippen MR) is 88.0 cm³/mol. The summed E-state index contributed by atoms with van der Waals surface area (Å²) in [6.07, 6.45) is 2.16. The van der Waals surface area contributed by atoms with Crippen molar-refractivity contribution in [3.05, 3.63) is 71.4 Å². The van der Waals surface area contributed by atoms with Gasteiger partial charge in [-0.2, -0.15) is 0 Å². The first-order chi connectivity index (χ1) is 11.6. The third kappa shape index (κ3) is 2.73. The molecule has 2 aromatic carbocycles. The van der Waals surface area contributed by atoms with Crippen molar-refractivity contribution in [1.29, 1.82) is 0 Å². The maximum absolute atomic E-state index is 13.3. The second kappa shape index (κ2) is 5.67. The number of benzene rings is 2. The number of rotatable bonds is 3. The fourth-order valence-electron chi connectivity index (χ4n) is 2.74. The van der Waals surface area contributed by atoms with Crippen molar-refractivity contribution in [2.24, 2.45) is 0 Å². The number of hydrogen-bond donors (Lipinski definition) is 1. The highest BCUT2D eigenvalue weighted by molar-refractivity contribution is 6.12. The SMILES string of the molecule is O=C(Nc1ccc(F)c(F)c1)c1cc(C2CC2)nc2ccccc12. The molecule has 0 bridgehead atoms. The van der Waals surface area contributed by atoms with Crippen LogP contribution in [-0.4, -0.2) is 10.9 Å². The Morgan fingerprint density at radius 1 is 1.04 bits per heavy atom. The molecule has 1 fully saturated rings. The molecular weight excluding hydrogens is 310 g/mol. The smallest absolute Gasteiger partial charge is 0.256 e. The number of pyridine rings is 1. The summed E-state index contributed by atoms with van der Waals surface area (Å²) >= 11 is 0. The normalized spacial score (nSPS) is 13.9. The van der Waals surface area contributed by atoms with Crippen LogP contribution in [0.2, 0.25) is 0 Å². The Labute approximate surface area is 137 Å². The van der Waals surface area contributed by atoms with E-state index in [1.54, 1.807) is 6.07 Å². The Morgan fingerprint density at radius 2 is 1.83 bits per heavy atom. The van der Waals surface area contributed by atoms with Gasteiger partial charge in [0.1, 0.15) is 0 Å². The summed E-state index contributed by atoms with van der Waals surface area (Å²) in [4.78, 5) is 17.3. The molecule has 1 N–H and O–H groups in total. The molecule has 0 spiro atoms. The first-order valence-corrected chi connectivity index (χ1v) is 7.78. The van der Waals surface area contributed by atoms with Crippen molar-refractivity contribution in [3.8, 4) is 0 Å². The highest BCUT2D eigenvalue weighted by Gasteiger charge is 2.27. The number of nitrogens with one attached hydrogen (secondary N) is 1. The molecule has 3 nitrogen and oxygen atoms in total. The molecule has 1 heterocycles. The zero-order valence-electron chi connectivity index (χ0n) is 12.7. The molecule has 3 aromatic rings. The fraction of sp³-hybridized carbons (Fsp3) is 0.158. The van der Waals surface area contributed by atoms with Crippen LogP contribution in [0.15, 0.2) is 48.5 Å². The van der Waals surface area contributed by atoms with Crippen LogP contribution in [-0.2, 0) is 0 Å². The van der Waals surface area contributed by atoms with E-state index in [4.69, 9.17) is 0 Å². The number of aromatic nitrogens is 1. The second-order valence-electron chi connectivity index (χ2n) is 5.97. The summed E-state index contributed by atoms with van der Waals surface area (Å²) in [6.45, 7) is 0. The summed E-state index contributed by atoms with van der Waals surface area (Å²) in [6, 6.07) is 12.5. The van der Waals surface area contributed by atoms with Gasteiger partial charge >= 0.3 is 0 Å². The number of anilines is 1. The van der Waals surface area contributed by atoms with Crippen molar-refractivity contribution in [2.75, 3.05) is 5.32 Å². The minimum absolute atomic E-state index is 0.216. The van der Waals surface area contributed by atoms with Crippen molar-refractivity contribution in [3.63, 3.8) is 0 Å². The highest BCUT2D eigenvalue weighted by atomic mass is 19.2. The molecule has 0 atom stereocenters. The minimum Gasteiger partial charge on any atom is -0.322 e. The Hall–Kier alpha value is -2.82. The third-order valence-electron chi connectivity index (χ3n) is 4.15. The maximum Gasteiger partial charge on any atom is 0.256 e. The van der Waals surface area contributed by atoms with Crippen molar-refractivity contribution < 1.29 is 13.6 Å². The Morgan fingerprint density at radius 3 is 2.58 bits per heavy atom. The van der Waals surface area contributed by atoms with Crippen molar-refractivity contribution >= 4 is 22.5 Å². The summed E-state index contributed by atoms with van der Waals surface area (Å²) < 4.78 is 26.3. The summed E-state index contributed by atoms with van der Waals surface area (Å²) in [5.74, 6) is -1.89. The van der Waals surface area contributed by atoms with Gasteiger partial charge in [0.2, 0.25) is 0 Å². The van der Waals surface area contributed by atoms with Gasteiger partial charge in [0.15, 0.2) is 11.6 Å². The molecular formula is C19H14F2N2O. The lowest BCUT2D eigenvalue weighted by Crippen LogP contribution is -2.13. The van der Waals surface area contributed by atoms with Crippen LogP contribution < -0.4 is 5.32 Å². The van der Waals surface area contributed by atoms with Crippen LogP contribution in [0.1, 0.15) is 34.8 Å². The Bertz CT molecular complexity index is 951. The van der Waals surface area contributed by atoms with Crippen LogP contribution in [0.5, 0.6) is 0 Å². The number of nitrogens with zero attached hydrogens (tertiary/aromatic N) is 1. The molecule has 4 rings (SSSR count). The summed E-state index contributed by atoms with van der Waals surface area (Å²) in [5.41, 5.74) is 2.38. The van der Waals surface area contributed by atoms with Crippen LogP contribution in [0, 0.1) is 11.6 Å². The minimum atomic E-state index is -0.994. The molecule has 24 heavy (non-hydrogen) atoms. The maximum atomic E-state index is 13.3. The molecule has 0 aliphatic heterocycles. The van der Waals surface area contributed by atoms with Crippen LogP contribution in [0.3, 0.4) is 0 Å². The zero-order chi connectivity index (χ0) is 16.7. The molecule has 1 saturated carbocycles. The number of halogens is 2. The van der Waals surface area contributed by atoms with Gasteiger partial charge in [0.25, 0.3) is 5.91 Å². The van der Waals surface area contributed by atoms with E-state index in [1.165, 1.54) is 6.07 Å². The number of carbonyl (C=O) groups excluding carboxylic acids is 1. The van der Waals surface area contributed by atoms with Gasteiger partial charge in [-0.1, -0.05) is 18.2 Å². The van der Waals surface area contributed by atoms with Crippen molar-refractivity contribution in [1.82, 2.24) is 4.98 Å². The van der Waals surface area contributed by atoms with Gasteiger partial charge in [0, 0.05) is 28.8 Å². The predicted octanol–water partition coefficient (Wildman–Crippen LogP) is 4.64. The van der Waals surface area contributed by atoms with E-state index in [1.807, 2.05) is 24.3 Å². The second-order valence-corrected chi connectivity index (χ2v) is 5.97. The lowest BCUT2D eigenvalue weighted by atomic mass is 10.1. The number of amides is 1. The largest absolute Gasteiger partial charge is 0.322 e. The van der Waals surface area contributed by atoms with Gasteiger partial charge in [-0.05, 0) is 37.1 Å². The highest BCUT2D eigenvalue weighted by Crippen LogP contribution is 2.40. The average molecular weight is 324 g/mol. The van der Waals surface area contributed by atoms with Crippen LogP contribution in [0.25, 0.3) is 10.9 Å². The lowest BCUT2D eigenvalue weighted by Gasteiger charge is -2.10. The van der Waals surface area contributed by atoms with Gasteiger partial charge < -0.3 is 5.32 Å². The molecule has 1 aliphatic rings. The van der Waals surface area contributed by atoms with E-state index >= 15 is 0 Å². The fourth-order valence-corrected chi connectivity index (χ4v) is 2.74. The number of carbonyl (C=O) groups is 1. The van der Waals surface area contributed by atoms with E-state index in [0.29, 0.717) is 11.5 Å². The van der Waals surface area contributed by atoms with Crippen LogP contribution >= 0.6 is 0 Å². The number of fused-ring (bicyclic) bond motifs is 1. The van der Waals surface area contributed by atoms with E-state index < -0.39 is 11.6 Å². The monoisotopic (exact) mass is 324 g/mol. The molecule has 1 aliphatic carbocycles. The van der Waals surface area contributed by atoms with Gasteiger partial charge in [0.05, 0.1) is 11.1 Å². The lowest BCUT2D eigenvalue weighted by molar-refractivity contribution is 0.102. The van der Waals surface area contributed by atoms with E-state index in [-0.39, 0.29) is 11.6 Å². The van der Waals surface area contributed by atoms with E-state index in [0.717, 1.165) is 41.6 Å². The standard InChI is InChI=1S/C19H14F2N2O/c20-15-8-7-12(9-16(15)21)22-19(24)14-10-18(11-5-6-11)23-17-4-2-1-3-13(14)17/h1-4,7-11H,5-6H2,(H,22,24). The third-order valence-corrected chi connectivity index (χ3v) is 4.15. The Kier molecular flexibility index (Phi) is 3.49. The number of hydrogen-bond acceptors (Lipinski definition) is 2. The quantitative estimate of drug-likeness (QED) is 0.762. The molecule has 5 heteroatoms. The summed E-state index contributed by atoms with van der Waals surface area (Å²) in [7, 11) is 0. The molecule has 0 unspecified atom stereocenters. The van der Waals surface area contributed by atoms with Gasteiger partial charge in [-0.3, -0.25) is 9.78 Å².